The van der Waals surface area contributed by atoms with Crippen LogP contribution >= 0.6 is 39.5 Å². The molecule has 0 aromatic carbocycles. The highest BCUT2D eigenvalue weighted by atomic mass is 79.9. The first kappa shape index (κ1) is 43.7. The number of aromatic nitrogens is 2. The molecule has 13 heteroatoms. The van der Waals surface area contributed by atoms with Gasteiger partial charge < -0.3 is 24.0 Å². The van der Waals surface area contributed by atoms with Gasteiger partial charge in [0.05, 0.1) is 7.11 Å². The van der Waals surface area contributed by atoms with Crippen molar-refractivity contribution < 1.29 is 28.6 Å². The zero-order valence-electron chi connectivity index (χ0n) is 31.3. The van der Waals surface area contributed by atoms with E-state index in [0.717, 1.165) is 84.9 Å². The normalized spacial score (nSPS) is 15.6. The highest BCUT2D eigenvalue weighted by Gasteiger charge is 2.28. The number of hydrogen-bond donors (Lipinski definition) is 0. The molecule has 0 N–H and O–H groups in total. The first-order chi connectivity index (χ1) is 23.5. The number of amides is 2. The second-order valence-corrected chi connectivity index (χ2v) is 17.5. The van der Waals surface area contributed by atoms with Crippen LogP contribution < -0.4 is 4.74 Å². The van der Waals surface area contributed by atoms with Crippen molar-refractivity contribution in [3.8, 4) is 5.88 Å². The van der Waals surface area contributed by atoms with E-state index in [1.165, 1.54) is 11.8 Å². The maximum atomic E-state index is 12.0. The monoisotopic (exact) mass is 796 g/mol. The number of hydrogen-bond acceptors (Lipinski definition) is 10. The average Bonchev–Trinajstić information content (AvgIpc) is 3.06. The Balaban J connectivity index is 0.000000284. The van der Waals surface area contributed by atoms with Crippen LogP contribution in [0, 0.1) is 11.8 Å². The number of aryl methyl sites for hydroxylation is 1. The molecule has 0 spiro atoms. The number of nitrogens with zero attached hydrogens (tertiary/aromatic N) is 4. The highest BCUT2D eigenvalue weighted by Crippen LogP contribution is 2.28. The Morgan fingerprint density at radius 1 is 0.800 bits per heavy atom. The van der Waals surface area contributed by atoms with Gasteiger partial charge in [-0.25, -0.2) is 14.6 Å². The number of piperidine rings is 2. The molecule has 2 saturated heterocycles. The van der Waals surface area contributed by atoms with Crippen LogP contribution in [0.25, 0.3) is 0 Å². The molecular weight excluding hydrogens is 740 g/mol. The Labute approximate surface area is 316 Å². The molecule has 0 atom stereocenters. The fourth-order valence-electron chi connectivity index (χ4n) is 4.86. The fourth-order valence-corrected chi connectivity index (χ4v) is 6.95. The van der Waals surface area contributed by atoms with Gasteiger partial charge in [0.25, 0.3) is 0 Å². The van der Waals surface area contributed by atoms with Crippen molar-refractivity contribution in [3.63, 3.8) is 0 Å². The number of rotatable bonds is 7. The summed E-state index contributed by atoms with van der Waals surface area (Å²) in [7, 11) is 1.62. The van der Waals surface area contributed by atoms with E-state index in [2.05, 4.69) is 32.8 Å². The molecule has 2 aliphatic heterocycles. The third-order valence-corrected chi connectivity index (χ3v) is 10.3. The number of methoxy groups -OCH3 is 1. The molecule has 0 radical (unpaired) electrons. The number of thioether (sulfide) groups is 2. The second kappa shape index (κ2) is 21.8. The van der Waals surface area contributed by atoms with E-state index in [1.807, 2.05) is 94.9 Å². The van der Waals surface area contributed by atoms with Crippen molar-refractivity contribution in [2.75, 3.05) is 44.8 Å². The molecule has 2 aromatic rings. The van der Waals surface area contributed by atoms with Crippen LogP contribution in [-0.4, -0.2) is 93.1 Å². The van der Waals surface area contributed by atoms with E-state index in [9.17, 15) is 14.4 Å². The van der Waals surface area contributed by atoms with Gasteiger partial charge in [-0.15, -0.1) is 11.8 Å². The summed E-state index contributed by atoms with van der Waals surface area (Å²) in [6.45, 7) is 18.0. The van der Waals surface area contributed by atoms with E-state index in [1.54, 1.807) is 18.9 Å². The lowest BCUT2D eigenvalue weighted by Crippen LogP contribution is -2.42. The molecule has 2 amide bonds. The minimum Gasteiger partial charge on any atom is -0.481 e. The number of halogens is 1. The minimum atomic E-state index is -0.432. The third kappa shape index (κ3) is 18.6. The SMILES string of the molecule is CC(=O)SCC1CCN(C(=O)OC(C)(C)C)CC1.CCc1ccc(Br)cn1.COc1ccc(SCC2CCN(C(=O)OC(C)(C)C)CC2)cn1. The predicted molar refractivity (Wildman–Crippen MR) is 207 cm³/mol. The smallest absolute Gasteiger partial charge is 0.410 e. The van der Waals surface area contributed by atoms with Gasteiger partial charge in [0, 0.05) is 78.1 Å². The molecule has 10 nitrogen and oxygen atoms in total. The Bertz CT molecular complexity index is 1300. The molecule has 0 aliphatic carbocycles. The number of ether oxygens (including phenoxy) is 3. The standard InChI is InChI=1S/C17H26N2O3S.C13H23NO3S.C7H8BrN/c1-17(2,3)22-16(20)19-9-7-13(8-10-19)12-23-14-5-6-15(21-4)18-11-14;1-10(15)18-9-11-5-7-14(8-6-11)12(16)17-13(2,3)4;1-2-7-4-3-6(8)5-9-7/h5-6,11,13H,7-10,12H2,1-4H3;11H,5-9H2,1-4H3;3-5H,2H2,1H3. The van der Waals surface area contributed by atoms with Gasteiger partial charge in [-0.05, 0) is 120 Å². The van der Waals surface area contributed by atoms with Crippen LogP contribution in [0.4, 0.5) is 9.59 Å². The molecule has 0 unspecified atom stereocenters. The predicted octanol–water partition coefficient (Wildman–Crippen LogP) is 9.15. The zero-order valence-corrected chi connectivity index (χ0v) is 34.5. The quantitative estimate of drug-likeness (QED) is 0.252. The lowest BCUT2D eigenvalue weighted by molar-refractivity contribution is -0.109. The van der Waals surface area contributed by atoms with Crippen LogP contribution in [0.3, 0.4) is 0 Å². The van der Waals surface area contributed by atoms with Gasteiger partial charge in [-0.1, -0.05) is 18.7 Å². The van der Waals surface area contributed by atoms with Crippen molar-refractivity contribution in [2.45, 2.75) is 104 Å². The van der Waals surface area contributed by atoms with Gasteiger partial charge in [0.2, 0.25) is 5.88 Å². The van der Waals surface area contributed by atoms with Crippen molar-refractivity contribution in [2.24, 2.45) is 11.8 Å². The van der Waals surface area contributed by atoms with E-state index < -0.39 is 11.2 Å². The van der Waals surface area contributed by atoms with Crippen LogP contribution in [0.5, 0.6) is 5.88 Å². The maximum Gasteiger partial charge on any atom is 0.410 e. The Morgan fingerprint density at radius 2 is 1.32 bits per heavy atom. The van der Waals surface area contributed by atoms with Crippen LogP contribution in [0.2, 0.25) is 0 Å². The minimum absolute atomic E-state index is 0.171. The first-order valence-corrected chi connectivity index (χ1v) is 20.1. The molecule has 2 fully saturated rings. The number of carbonyl (C=O) groups is 3. The van der Waals surface area contributed by atoms with E-state index in [-0.39, 0.29) is 17.3 Å². The third-order valence-electron chi connectivity index (χ3n) is 7.61. The first-order valence-electron chi connectivity index (χ1n) is 17.3. The summed E-state index contributed by atoms with van der Waals surface area (Å²) in [6, 6.07) is 7.94. The summed E-state index contributed by atoms with van der Waals surface area (Å²) in [5.74, 6) is 3.73. The molecule has 2 aliphatic rings. The van der Waals surface area contributed by atoms with E-state index >= 15 is 0 Å². The van der Waals surface area contributed by atoms with Crippen molar-refractivity contribution in [1.29, 1.82) is 0 Å². The van der Waals surface area contributed by atoms with Crippen LogP contribution in [-0.2, 0) is 20.7 Å². The van der Waals surface area contributed by atoms with Gasteiger partial charge in [-0.2, -0.15) is 0 Å². The highest BCUT2D eigenvalue weighted by molar-refractivity contribution is 9.10. The topological polar surface area (TPSA) is 111 Å². The Hall–Kier alpha value is -2.51. The molecule has 0 saturated carbocycles. The maximum absolute atomic E-state index is 12.0. The van der Waals surface area contributed by atoms with Gasteiger partial charge >= 0.3 is 12.2 Å². The zero-order chi connectivity index (χ0) is 37.3. The summed E-state index contributed by atoms with van der Waals surface area (Å²) in [4.78, 5) is 47.9. The summed E-state index contributed by atoms with van der Waals surface area (Å²) in [6.07, 6.45) is 8.22. The number of pyridine rings is 2. The summed E-state index contributed by atoms with van der Waals surface area (Å²) < 4.78 is 16.9. The van der Waals surface area contributed by atoms with Gasteiger partial charge in [0.1, 0.15) is 11.2 Å². The molecule has 0 bridgehead atoms. The largest absolute Gasteiger partial charge is 0.481 e. The lowest BCUT2D eigenvalue weighted by atomic mass is 9.99. The second-order valence-electron chi connectivity index (χ2n) is 14.3. The van der Waals surface area contributed by atoms with E-state index in [0.29, 0.717) is 17.7 Å². The summed E-state index contributed by atoms with van der Waals surface area (Å²) >= 11 is 6.51. The van der Waals surface area contributed by atoms with Crippen LogP contribution in [0.1, 0.15) is 86.8 Å². The van der Waals surface area contributed by atoms with Crippen molar-refractivity contribution in [3.05, 3.63) is 46.8 Å². The van der Waals surface area contributed by atoms with Crippen molar-refractivity contribution in [1.82, 2.24) is 19.8 Å². The molecule has 2 aromatic heterocycles. The number of likely N-dealkylation sites (tertiary alicyclic amines) is 2. The molecule has 4 rings (SSSR count). The van der Waals surface area contributed by atoms with Crippen LogP contribution in [0.15, 0.2) is 46.0 Å². The fraction of sp³-hybridized carbons (Fsp3) is 0.649. The Kier molecular flexibility index (Phi) is 19.0. The average molecular weight is 798 g/mol. The van der Waals surface area contributed by atoms with Gasteiger partial charge in [-0.3, -0.25) is 9.78 Å². The molecule has 50 heavy (non-hydrogen) atoms. The number of carbonyl (C=O) groups excluding carboxylic acids is 3. The van der Waals surface area contributed by atoms with Crippen molar-refractivity contribution >= 4 is 56.8 Å². The summed E-state index contributed by atoms with van der Waals surface area (Å²) in [5.41, 5.74) is 0.280. The summed E-state index contributed by atoms with van der Waals surface area (Å²) in [5, 5.41) is 0.171. The van der Waals surface area contributed by atoms with Gasteiger partial charge in [0.15, 0.2) is 5.12 Å². The molecule has 280 valence electrons. The van der Waals surface area contributed by atoms with E-state index in [4.69, 9.17) is 14.2 Å². The lowest BCUT2D eigenvalue weighted by Gasteiger charge is -2.33. The molecule has 4 heterocycles. The Morgan fingerprint density at radius 3 is 1.70 bits per heavy atom. The molecular formula is C37H57BrN4O6S2.